The molecular weight excluding hydrogens is 334 g/mol. The fourth-order valence-corrected chi connectivity index (χ4v) is 2.78. The molecule has 0 radical (unpaired) electrons. The van der Waals surface area contributed by atoms with E-state index in [1.165, 1.54) is 23.9 Å². The summed E-state index contributed by atoms with van der Waals surface area (Å²) >= 11 is 12.9. The first-order valence-corrected chi connectivity index (χ1v) is 7.62. The van der Waals surface area contributed by atoms with Gasteiger partial charge in [-0.05, 0) is 36.4 Å². The Hall–Kier alpha value is -1.43. The van der Waals surface area contributed by atoms with Crippen LogP contribution >= 0.6 is 35.0 Å². The minimum absolute atomic E-state index is 0.0867. The minimum atomic E-state index is -0.581. The van der Waals surface area contributed by atoms with E-state index in [4.69, 9.17) is 28.9 Å². The maximum atomic E-state index is 13.5. The molecule has 0 bridgehead atoms. The molecule has 0 spiro atoms. The van der Waals surface area contributed by atoms with Crippen LogP contribution < -0.4 is 11.1 Å². The summed E-state index contributed by atoms with van der Waals surface area (Å²) in [6.07, 6.45) is 0. The molecule has 2 aromatic carbocycles. The average Bonchev–Trinajstić information content (AvgIpc) is 2.43. The van der Waals surface area contributed by atoms with Gasteiger partial charge in [0.05, 0.1) is 16.5 Å². The summed E-state index contributed by atoms with van der Waals surface area (Å²) in [6, 6.07) is 9.07. The smallest absolute Gasteiger partial charge is 0.234 e. The summed E-state index contributed by atoms with van der Waals surface area (Å²) in [4.78, 5) is 12.5. The molecule has 0 aliphatic carbocycles. The number of halogens is 3. The van der Waals surface area contributed by atoms with E-state index in [1.807, 2.05) is 0 Å². The Kier molecular flexibility index (Phi) is 5.33. The zero-order valence-corrected chi connectivity index (χ0v) is 13.0. The van der Waals surface area contributed by atoms with Crippen molar-refractivity contribution >= 4 is 52.2 Å². The third-order valence-corrected chi connectivity index (χ3v) is 4.25. The summed E-state index contributed by atoms with van der Waals surface area (Å²) < 4.78 is 13.5. The monoisotopic (exact) mass is 344 g/mol. The predicted molar refractivity (Wildman–Crippen MR) is 86.6 cm³/mol. The van der Waals surface area contributed by atoms with E-state index >= 15 is 0 Å². The van der Waals surface area contributed by atoms with Crippen LogP contribution in [0.4, 0.5) is 15.8 Å². The van der Waals surface area contributed by atoms with Gasteiger partial charge in [-0.15, -0.1) is 11.8 Å². The highest BCUT2D eigenvalue weighted by Crippen LogP contribution is 2.29. The molecule has 0 saturated heterocycles. The Labute approximate surface area is 135 Å². The maximum Gasteiger partial charge on any atom is 0.234 e. The topological polar surface area (TPSA) is 55.1 Å². The van der Waals surface area contributed by atoms with E-state index in [-0.39, 0.29) is 22.4 Å². The molecule has 1 amide bonds. The molecule has 110 valence electrons. The molecule has 2 rings (SSSR count). The number of rotatable bonds is 4. The van der Waals surface area contributed by atoms with Gasteiger partial charge in [0.15, 0.2) is 0 Å². The van der Waals surface area contributed by atoms with Gasteiger partial charge in [-0.1, -0.05) is 23.2 Å². The summed E-state index contributed by atoms with van der Waals surface area (Å²) in [5.74, 6) is -0.840. The van der Waals surface area contributed by atoms with Gasteiger partial charge < -0.3 is 11.1 Å². The van der Waals surface area contributed by atoms with E-state index in [1.54, 1.807) is 18.2 Å². The van der Waals surface area contributed by atoms with Crippen LogP contribution in [0.15, 0.2) is 41.3 Å². The van der Waals surface area contributed by atoms with Gasteiger partial charge in [0.2, 0.25) is 5.91 Å². The van der Waals surface area contributed by atoms with Gasteiger partial charge in [0.25, 0.3) is 0 Å². The fourth-order valence-electron chi connectivity index (χ4n) is 1.55. The van der Waals surface area contributed by atoms with E-state index < -0.39 is 5.82 Å². The number of nitrogen functional groups attached to an aromatic ring is 1. The van der Waals surface area contributed by atoms with Gasteiger partial charge in [0, 0.05) is 15.6 Å². The molecular formula is C14H11Cl2FN2OS. The molecule has 0 fully saturated rings. The first-order chi connectivity index (χ1) is 9.95. The molecule has 3 N–H and O–H groups in total. The Balaban J connectivity index is 1.97. The normalized spacial score (nSPS) is 10.4. The fraction of sp³-hybridized carbons (Fsp3) is 0.0714. The van der Waals surface area contributed by atoms with Gasteiger partial charge in [-0.25, -0.2) is 4.39 Å². The summed E-state index contributed by atoms with van der Waals surface area (Å²) in [5, 5.41) is 3.26. The van der Waals surface area contributed by atoms with Gasteiger partial charge in [-0.3, -0.25) is 4.79 Å². The maximum absolute atomic E-state index is 13.5. The third kappa shape index (κ3) is 4.52. The number of thioether (sulfide) groups is 1. The number of nitrogens with two attached hydrogens (primary N) is 1. The summed E-state index contributed by atoms with van der Waals surface area (Å²) in [6.45, 7) is 0. The quantitative estimate of drug-likeness (QED) is 0.636. The Bertz CT molecular complexity index is 682. The van der Waals surface area contributed by atoms with Crippen LogP contribution in [0.2, 0.25) is 10.0 Å². The zero-order valence-electron chi connectivity index (χ0n) is 10.7. The van der Waals surface area contributed by atoms with Crippen LogP contribution in [-0.4, -0.2) is 11.7 Å². The van der Waals surface area contributed by atoms with Crippen molar-refractivity contribution in [3.63, 3.8) is 0 Å². The largest absolute Gasteiger partial charge is 0.399 e. The third-order valence-electron chi connectivity index (χ3n) is 2.52. The highest BCUT2D eigenvalue weighted by molar-refractivity contribution is 8.00. The molecule has 0 atom stereocenters. The lowest BCUT2D eigenvalue weighted by molar-refractivity contribution is -0.113. The van der Waals surface area contributed by atoms with E-state index in [0.717, 1.165) is 6.07 Å². The number of hydrogen-bond acceptors (Lipinski definition) is 3. The van der Waals surface area contributed by atoms with Crippen molar-refractivity contribution in [3.8, 4) is 0 Å². The molecule has 21 heavy (non-hydrogen) atoms. The van der Waals surface area contributed by atoms with Crippen molar-refractivity contribution in [1.82, 2.24) is 0 Å². The first kappa shape index (κ1) is 15.9. The number of amides is 1. The Morgan fingerprint density at radius 3 is 2.71 bits per heavy atom. The molecule has 0 aromatic heterocycles. The second-order valence-corrected chi connectivity index (χ2v) is 6.01. The van der Waals surface area contributed by atoms with Crippen LogP contribution in [0.1, 0.15) is 0 Å². The average molecular weight is 345 g/mol. The number of benzene rings is 2. The lowest BCUT2D eigenvalue weighted by Crippen LogP contribution is -2.15. The van der Waals surface area contributed by atoms with Crippen molar-refractivity contribution in [2.45, 2.75) is 4.90 Å². The van der Waals surface area contributed by atoms with Gasteiger partial charge >= 0.3 is 0 Å². The molecule has 7 heteroatoms. The predicted octanol–water partition coefficient (Wildman–Crippen LogP) is 4.45. The number of anilines is 2. The van der Waals surface area contributed by atoms with Crippen LogP contribution in [0.5, 0.6) is 0 Å². The highest BCUT2D eigenvalue weighted by Gasteiger charge is 2.09. The van der Waals surface area contributed by atoms with E-state index in [9.17, 15) is 9.18 Å². The molecule has 0 aliphatic rings. The lowest BCUT2D eigenvalue weighted by atomic mass is 10.3. The van der Waals surface area contributed by atoms with Crippen molar-refractivity contribution in [2.75, 3.05) is 16.8 Å². The number of nitrogens with one attached hydrogen (secondary N) is 1. The lowest BCUT2D eigenvalue weighted by Gasteiger charge is -2.08. The van der Waals surface area contributed by atoms with Crippen LogP contribution in [0.3, 0.4) is 0 Å². The summed E-state index contributed by atoms with van der Waals surface area (Å²) in [5.41, 5.74) is 6.30. The van der Waals surface area contributed by atoms with Crippen molar-refractivity contribution in [3.05, 3.63) is 52.3 Å². The SMILES string of the molecule is Nc1ccc(Cl)c(SCC(=O)Nc2ccc(Cl)cc2F)c1. The van der Waals surface area contributed by atoms with Crippen LogP contribution in [-0.2, 0) is 4.79 Å². The zero-order chi connectivity index (χ0) is 15.4. The molecule has 0 heterocycles. The number of carbonyl (C=O) groups excluding carboxylic acids is 1. The van der Waals surface area contributed by atoms with E-state index in [2.05, 4.69) is 5.32 Å². The second-order valence-electron chi connectivity index (χ2n) is 4.15. The second kappa shape index (κ2) is 7.02. The molecule has 2 aromatic rings. The highest BCUT2D eigenvalue weighted by atomic mass is 35.5. The molecule has 0 unspecified atom stereocenters. The number of carbonyl (C=O) groups is 1. The summed E-state index contributed by atoms with van der Waals surface area (Å²) in [7, 11) is 0. The van der Waals surface area contributed by atoms with Crippen molar-refractivity contribution < 1.29 is 9.18 Å². The first-order valence-electron chi connectivity index (χ1n) is 5.88. The van der Waals surface area contributed by atoms with Gasteiger partial charge in [0.1, 0.15) is 5.82 Å². The minimum Gasteiger partial charge on any atom is -0.399 e. The standard InChI is InChI=1S/C14H11Cl2FN2OS/c15-8-1-4-12(11(17)5-8)19-14(20)7-21-13-6-9(18)2-3-10(13)16/h1-6H,7,18H2,(H,19,20). The molecule has 0 saturated carbocycles. The van der Waals surface area contributed by atoms with Crippen molar-refractivity contribution in [2.24, 2.45) is 0 Å². The Morgan fingerprint density at radius 2 is 2.00 bits per heavy atom. The van der Waals surface area contributed by atoms with Crippen molar-refractivity contribution in [1.29, 1.82) is 0 Å². The Morgan fingerprint density at radius 1 is 1.24 bits per heavy atom. The molecule has 3 nitrogen and oxygen atoms in total. The van der Waals surface area contributed by atoms with Crippen LogP contribution in [0.25, 0.3) is 0 Å². The van der Waals surface area contributed by atoms with E-state index in [0.29, 0.717) is 15.6 Å². The van der Waals surface area contributed by atoms with Gasteiger partial charge in [-0.2, -0.15) is 0 Å². The number of hydrogen-bond donors (Lipinski definition) is 2. The molecule has 0 aliphatic heterocycles. The van der Waals surface area contributed by atoms with Crippen LogP contribution in [0, 0.1) is 5.82 Å².